The summed E-state index contributed by atoms with van der Waals surface area (Å²) in [4.78, 5) is 29.7. The van der Waals surface area contributed by atoms with E-state index in [-0.39, 0.29) is 12.2 Å². The molecule has 0 aliphatic carbocycles. The van der Waals surface area contributed by atoms with E-state index in [0.29, 0.717) is 40.4 Å². The fourth-order valence-electron chi connectivity index (χ4n) is 3.43. The Balaban J connectivity index is 1.77. The largest absolute Gasteiger partial charge is 0.423 e. The summed E-state index contributed by atoms with van der Waals surface area (Å²) in [7, 11) is 0. The number of aromatic nitrogens is 2. The maximum absolute atomic E-state index is 13.0. The van der Waals surface area contributed by atoms with Gasteiger partial charge in [-0.3, -0.25) is 9.36 Å². The molecule has 0 amide bonds. The Bertz CT molecular complexity index is 1360. The van der Waals surface area contributed by atoms with Gasteiger partial charge in [-0.25, -0.2) is 9.78 Å². The van der Waals surface area contributed by atoms with Gasteiger partial charge in [0.15, 0.2) is 5.16 Å². The second-order valence-corrected chi connectivity index (χ2v) is 8.20. The number of benzene rings is 2. The molecule has 154 valence electrons. The minimum Gasteiger partial charge on any atom is -0.423 e. The quantitative estimate of drug-likeness (QED) is 0.289. The number of nitrogens with zero attached hydrogens (tertiary/aromatic N) is 2. The molecule has 0 spiro atoms. The number of hydrogen-bond donors (Lipinski definition) is 1. The van der Waals surface area contributed by atoms with Crippen molar-refractivity contribution < 1.29 is 9.52 Å². The zero-order valence-electron chi connectivity index (χ0n) is 16.8. The number of aryl methyl sites for hydroxylation is 2. The molecule has 2 aromatic carbocycles. The molecule has 0 unspecified atom stereocenters. The first kappa shape index (κ1) is 20.4. The fourth-order valence-corrected chi connectivity index (χ4v) is 4.44. The molecule has 6 nitrogen and oxygen atoms in total. The first-order valence-corrected chi connectivity index (χ1v) is 10.7. The Hall–Kier alpha value is -2.90. The molecule has 4 rings (SSSR count). The number of thioether (sulfide) groups is 1. The van der Waals surface area contributed by atoms with Crippen molar-refractivity contribution in [2.45, 2.75) is 37.7 Å². The van der Waals surface area contributed by atoms with Gasteiger partial charge in [-0.2, -0.15) is 0 Å². The van der Waals surface area contributed by atoms with Crippen molar-refractivity contribution in [3.05, 3.63) is 79.9 Å². The second-order valence-electron chi connectivity index (χ2n) is 7.26. The van der Waals surface area contributed by atoms with E-state index in [1.807, 2.05) is 44.2 Å². The standard InChI is InChI=1S/C23H22N2O4S/c1-14-10-18-16(12-21(27)29-20(18)11-15(14)2)13-30-23-24-19-7-4-3-6-17(19)22(28)25(23)8-5-9-26/h3-4,6-7,10-12,26H,5,8-9,13H2,1-2H3. The van der Waals surface area contributed by atoms with E-state index in [0.717, 1.165) is 22.1 Å². The van der Waals surface area contributed by atoms with Crippen LogP contribution in [0.2, 0.25) is 0 Å². The first-order chi connectivity index (χ1) is 14.5. The predicted octanol–water partition coefficient (Wildman–Crippen LogP) is 3.79. The number of fused-ring (bicyclic) bond motifs is 2. The van der Waals surface area contributed by atoms with Gasteiger partial charge in [0.05, 0.1) is 10.9 Å². The average molecular weight is 423 g/mol. The van der Waals surface area contributed by atoms with E-state index < -0.39 is 5.63 Å². The van der Waals surface area contributed by atoms with Gasteiger partial charge in [0.25, 0.3) is 5.56 Å². The van der Waals surface area contributed by atoms with Crippen LogP contribution >= 0.6 is 11.8 Å². The molecule has 30 heavy (non-hydrogen) atoms. The van der Waals surface area contributed by atoms with Gasteiger partial charge in [0.1, 0.15) is 5.58 Å². The van der Waals surface area contributed by atoms with Crippen LogP contribution in [0.3, 0.4) is 0 Å². The molecule has 0 radical (unpaired) electrons. The summed E-state index contributed by atoms with van der Waals surface area (Å²) in [5.41, 5.74) is 3.69. The highest BCUT2D eigenvalue weighted by atomic mass is 32.2. The van der Waals surface area contributed by atoms with Crippen molar-refractivity contribution in [1.82, 2.24) is 9.55 Å². The lowest BCUT2D eigenvalue weighted by molar-refractivity contribution is 0.276. The van der Waals surface area contributed by atoms with Crippen molar-refractivity contribution in [2.75, 3.05) is 6.61 Å². The van der Waals surface area contributed by atoms with Crippen molar-refractivity contribution >= 4 is 33.6 Å². The van der Waals surface area contributed by atoms with Crippen LogP contribution in [0.5, 0.6) is 0 Å². The normalized spacial score (nSPS) is 11.4. The highest BCUT2D eigenvalue weighted by molar-refractivity contribution is 7.98. The summed E-state index contributed by atoms with van der Waals surface area (Å²) < 4.78 is 6.98. The SMILES string of the molecule is Cc1cc2oc(=O)cc(CSc3nc4ccccc4c(=O)n3CCCO)c2cc1C. The van der Waals surface area contributed by atoms with Crippen LogP contribution in [-0.4, -0.2) is 21.3 Å². The fraction of sp³-hybridized carbons (Fsp3) is 0.261. The summed E-state index contributed by atoms with van der Waals surface area (Å²) in [6.07, 6.45) is 0.462. The van der Waals surface area contributed by atoms with Gasteiger partial charge >= 0.3 is 5.63 Å². The van der Waals surface area contributed by atoms with E-state index in [9.17, 15) is 14.7 Å². The Morgan fingerprint density at radius 3 is 2.63 bits per heavy atom. The van der Waals surface area contributed by atoms with Crippen molar-refractivity contribution in [3.63, 3.8) is 0 Å². The molecule has 0 atom stereocenters. The van der Waals surface area contributed by atoms with Gasteiger partial charge < -0.3 is 9.52 Å². The number of aliphatic hydroxyl groups excluding tert-OH is 1. The van der Waals surface area contributed by atoms with E-state index in [4.69, 9.17) is 4.42 Å². The molecule has 7 heteroatoms. The second kappa shape index (κ2) is 8.45. The summed E-state index contributed by atoms with van der Waals surface area (Å²) >= 11 is 1.40. The topological polar surface area (TPSA) is 85.3 Å². The van der Waals surface area contributed by atoms with E-state index in [1.165, 1.54) is 17.8 Å². The summed E-state index contributed by atoms with van der Waals surface area (Å²) in [5.74, 6) is 0.467. The number of rotatable bonds is 6. The molecule has 0 saturated carbocycles. The van der Waals surface area contributed by atoms with Crippen LogP contribution in [0.25, 0.3) is 21.9 Å². The molecule has 0 aliphatic rings. The first-order valence-electron chi connectivity index (χ1n) is 9.75. The summed E-state index contributed by atoms with van der Waals surface area (Å²) in [5, 5.41) is 11.2. The van der Waals surface area contributed by atoms with Gasteiger partial charge in [0.2, 0.25) is 0 Å². The molecule has 0 aliphatic heterocycles. The van der Waals surface area contributed by atoms with Crippen LogP contribution < -0.4 is 11.2 Å². The maximum Gasteiger partial charge on any atom is 0.336 e. The highest BCUT2D eigenvalue weighted by Gasteiger charge is 2.14. The Kier molecular flexibility index (Phi) is 5.74. The minimum atomic E-state index is -0.398. The monoisotopic (exact) mass is 422 g/mol. The molecular formula is C23H22N2O4S. The Morgan fingerprint density at radius 1 is 1.07 bits per heavy atom. The maximum atomic E-state index is 13.0. The van der Waals surface area contributed by atoms with E-state index >= 15 is 0 Å². The third-order valence-electron chi connectivity index (χ3n) is 5.17. The predicted molar refractivity (Wildman–Crippen MR) is 119 cm³/mol. The molecule has 1 N–H and O–H groups in total. The van der Waals surface area contributed by atoms with Crippen LogP contribution in [-0.2, 0) is 12.3 Å². The highest BCUT2D eigenvalue weighted by Crippen LogP contribution is 2.28. The lowest BCUT2D eigenvalue weighted by Crippen LogP contribution is -2.24. The molecule has 0 saturated heterocycles. The zero-order chi connectivity index (χ0) is 21.3. The lowest BCUT2D eigenvalue weighted by Gasteiger charge is -2.13. The van der Waals surface area contributed by atoms with Gasteiger partial charge in [0, 0.05) is 30.4 Å². The average Bonchev–Trinajstić information content (AvgIpc) is 2.73. The van der Waals surface area contributed by atoms with E-state index in [1.54, 1.807) is 10.6 Å². The van der Waals surface area contributed by atoms with Crippen LogP contribution in [0.1, 0.15) is 23.1 Å². The Labute approximate surface area is 177 Å². The van der Waals surface area contributed by atoms with Gasteiger partial charge in [-0.05, 0) is 61.2 Å². The van der Waals surface area contributed by atoms with Gasteiger partial charge in [-0.1, -0.05) is 23.9 Å². The molecule has 4 aromatic rings. The van der Waals surface area contributed by atoms with Crippen LogP contribution in [0, 0.1) is 13.8 Å². The number of hydrogen-bond acceptors (Lipinski definition) is 6. The van der Waals surface area contributed by atoms with Crippen molar-refractivity contribution in [3.8, 4) is 0 Å². The molecule has 0 fully saturated rings. The Morgan fingerprint density at radius 2 is 1.83 bits per heavy atom. The third kappa shape index (κ3) is 3.91. The third-order valence-corrected chi connectivity index (χ3v) is 6.19. The smallest absolute Gasteiger partial charge is 0.336 e. The van der Waals surface area contributed by atoms with Crippen LogP contribution in [0.4, 0.5) is 0 Å². The zero-order valence-corrected chi connectivity index (χ0v) is 17.7. The molecule has 2 heterocycles. The summed E-state index contributed by atoms with van der Waals surface area (Å²) in [6.45, 7) is 4.38. The summed E-state index contributed by atoms with van der Waals surface area (Å²) in [6, 6.07) is 12.6. The molecular weight excluding hydrogens is 400 g/mol. The van der Waals surface area contributed by atoms with Crippen LogP contribution in [0.15, 0.2) is 61.6 Å². The van der Waals surface area contributed by atoms with Crippen molar-refractivity contribution in [1.29, 1.82) is 0 Å². The molecule has 2 aromatic heterocycles. The number of para-hydroxylation sites is 1. The van der Waals surface area contributed by atoms with Crippen molar-refractivity contribution in [2.24, 2.45) is 0 Å². The number of aliphatic hydroxyl groups is 1. The van der Waals surface area contributed by atoms with E-state index in [2.05, 4.69) is 4.98 Å². The lowest BCUT2D eigenvalue weighted by atomic mass is 10.0. The molecule has 0 bridgehead atoms. The van der Waals surface area contributed by atoms with Gasteiger partial charge in [-0.15, -0.1) is 0 Å². The minimum absolute atomic E-state index is 0.00757.